The smallest absolute Gasteiger partial charge is 0.222 e. The molecule has 0 saturated heterocycles. The van der Waals surface area contributed by atoms with Gasteiger partial charge in [0.15, 0.2) is 0 Å². The van der Waals surface area contributed by atoms with Gasteiger partial charge in [0.05, 0.1) is 12.5 Å². The fraction of sp³-hybridized carbons (Fsp3) is 0.917. The molecule has 0 aliphatic rings. The van der Waals surface area contributed by atoms with E-state index in [2.05, 4.69) is 24.1 Å². The van der Waals surface area contributed by atoms with Crippen molar-refractivity contribution in [3.63, 3.8) is 0 Å². The Labute approximate surface area is 105 Å². The number of rotatable bonds is 8. The summed E-state index contributed by atoms with van der Waals surface area (Å²) in [6, 6.07) is 0. The molecule has 0 aromatic heterocycles. The van der Waals surface area contributed by atoms with Gasteiger partial charge in [0, 0.05) is 26.7 Å². The number of nitrogens with one attached hydrogen (secondary N) is 1. The molecule has 0 aliphatic carbocycles. The molecule has 0 bridgehead atoms. The van der Waals surface area contributed by atoms with E-state index in [1.807, 2.05) is 14.1 Å². The average molecular weight is 245 g/mol. The van der Waals surface area contributed by atoms with Gasteiger partial charge >= 0.3 is 0 Å². The van der Waals surface area contributed by atoms with Gasteiger partial charge in [-0.15, -0.1) is 0 Å². The summed E-state index contributed by atoms with van der Waals surface area (Å²) < 4.78 is 5.07. The number of carbonyl (C=O) groups is 1. The predicted octanol–water partition coefficient (Wildman–Crippen LogP) is 0.0542. The summed E-state index contributed by atoms with van der Waals surface area (Å²) >= 11 is 0. The van der Waals surface area contributed by atoms with E-state index in [1.165, 1.54) is 0 Å². The normalized spacial score (nSPS) is 13.8. The first-order chi connectivity index (χ1) is 7.80. The standard InChI is InChI=1S/C12H27N3O2/c1-12(2,9-15(3)4)8-14-11(16)6-10(7-13)17-5/h10H,6-9,13H2,1-5H3,(H,14,16). The number of hydrogen-bond donors (Lipinski definition) is 2. The van der Waals surface area contributed by atoms with E-state index in [-0.39, 0.29) is 17.4 Å². The molecule has 1 unspecified atom stereocenters. The lowest BCUT2D eigenvalue weighted by Crippen LogP contribution is -2.41. The summed E-state index contributed by atoms with van der Waals surface area (Å²) in [5.41, 5.74) is 5.53. The second-order valence-electron chi connectivity index (χ2n) is 5.48. The van der Waals surface area contributed by atoms with E-state index in [1.54, 1.807) is 7.11 Å². The number of ether oxygens (including phenoxy) is 1. The topological polar surface area (TPSA) is 67.6 Å². The number of carbonyl (C=O) groups excluding carboxylic acids is 1. The number of methoxy groups -OCH3 is 1. The van der Waals surface area contributed by atoms with Crippen molar-refractivity contribution < 1.29 is 9.53 Å². The van der Waals surface area contributed by atoms with E-state index in [0.29, 0.717) is 19.5 Å². The van der Waals surface area contributed by atoms with Crippen LogP contribution < -0.4 is 11.1 Å². The SMILES string of the molecule is COC(CN)CC(=O)NCC(C)(C)CN(C)C. The fourth-order valence-corrected chi connectivity index (χ4v) is 1.79. The van der Waals surface area contributed by atoms with Crippen molar-refractivity contribution in [1.29, 1.82) is 0 Å². The van der Waals surface area contributed by atoms with E-state index >= 15 is 0 Å². The van der Waals surface area contributed by atoms with Gasteiger partial charge in [-0.1, -0.05) is 13.8 Å². The molecular weight excluding hydrogens is 218 g/mol. The number of nitrogens with two attached hydrogens (primary N) is 1. The zero-order valence-electron chi connectivity index (χ0n) is 11.7. The molecule has 3 N–H and O–H groups in total. The van der Waals surface area contributed by atoms with Crippen LogP contribution in [0.3, 0.4) is 0 Å². The molecule has 1 atom stereocenters. The third-order valence-corrected chi connectivity index (χ3v) is 2.52. The first kappa shape index (κ1) is 16.4. The van der Waals surface area contributed by atoms with Gasteiger partial charge in [0.25, 0.3) is 0 Å². The number of nitrogens with zero attached hydrogens (tertiary/aromatic N) is 1. The van der Waals surface area contributed by atoms with Crippen LogP contribution in [-0.4, -0.2) is 57.8 Å². The first-order valence-corrected chi connectivity index (χ1v) is 5.95. The summed E-state index contributed by atoms with van der Waals surface area (Å²) in [4.78, 5) is 13.8. The third kappa shape index (κ3) is 8.12. The van der Waals surface area contributed by atoms with E-state index in [4.69, 9.17) is 10.5 Å². The van der Waals surface area contributed by atoms with Crippen LogP contribution in [0.5, 0.6) is 0 Å². The molecule has 0 aromatic carbocycles. The molecule has 0 heterocycles. The number of amides is 1. The summed E-state index contributed by atoms with van der Waals surface area (Å²) in [7, 11) is 5.62. The van der Waals surface area contributed by atoms with Crippen LogP contribution in [0.15, 0.2) is 0 Å². The molecule has 0 spiro atoms. The second kappa shape index (κ2) is 7.63. The maximum Gasteiger partial charge on any atom is 0.222 e. The van der Waals surface area contributed by atoms with Gasteiger partial charge in [-0.2, -0.15) is 0 Å². The Bertz CT molecular complexity index is 226. The fourth-order valence-electron chi connectivity index (χ4n) is 1.79. The molecule has 0 rings (SSSR count). The molecular formula is C12H27N3O2. The first-order valence-electron chi connectivity index (χ1n) is 5.95. The Hall–Kier alpha value is -0.650. The Balaban J connectivity index is 3.98. The van der Waals surface area contributed by atoms with Crippen LogP contribution in [0.4, 0.5) is 0 Å². The van der Waals surface area contributed by atoms with Crippen LogP contribution in [0.1, 0.15) is 20.3 Å². The van der Waals surface area contributed by atoms with E-state index in [0.717, 1.165) is 6.54 Å². The minimum Gasteiger partial charge on any atom is -0.380 e. The van der Waals surface area contributed by atoms with Crippen molar-refractivity contribution in [2.45, 2.75) is 26.4 Å². The molecule has 17 heavy (non-hydrogen) atoms. The second-order valence-corrected chi connectivity index (χ2v) is 5.48. The van der Waals surface area contributed by atoms with E-state index < -0.39 is 0 Å². The Morgan fingerprint density at radius 1 is 1.47 bits per heavy atom. The summed E-state index contributed by atoms with van der Waals surface area (Å²) in [6.45, 7) is 6.21. The van der Waals surface area contributed by atoms with Crippen LogP contribution in [-0.2, 0) is 9.53 Å². The van der Waals surface area contributed by atoms with Crippen molar-refractivity contribution in [1.82, 2.24) is 10.2 Å². The number of hydrogen-bond acceptors (Lipinski definition) is 4. The van der Waals surface area contributed by atoms with Gasteiger partial charge in [-0.25, -0.2) is 0 Å². The predicted molar refractivity (Wildman–Crippen MR) is 69.8 cm³/mol. The van der Waals surface area contributed by atoms with Crippen molar-refractivity contribution in [2.75, 3.05) is 40.8 Å². The molecule has 0 aliphatic heterocycles. The molecule has 0 radical (unpaired) electrons. The Morgan fingerprint density at radius 2 is 2.06 bits per heavy atom. The maximum atomic E-state index is 11.6. The monoisotopic (exact) mass is 245 g/mol. The highest BCUT2D eigenvalue weighted by Gasteiger charge is 2.20. The van der Waals surface area contributed by atoms with Gasteiger partial charge in [-0.3, -0.25) is 4.79 Å². The molecule has 0 saturated carbocycles. The lowest BCUT2D eigenvalue weighted by molar-refractivity contribution is -0.123. The lowest BCUT2D eigenvalue weighted by Gasteiger charge is -2.28. The van der Waals surface area contributed by atoms with E-state index in [9.17, 15) is 4.79 Å². The molecule has 0 aromatic rings. The minimum atomic E-state index is -0.188. The highest BCUT2D eigenvalue weighted by Crippen LogP contribution is 2.14. The molecule has 5 nitrogen and oxygen atoms in total. The molecule has 102 valence electrons. The zero-order valence-corrected chi connectivity index (χ0v) is 11.7. The van der Waals surface area contributed by atoms with Gasteiger partial charge in [0.1, 0.15) is 0 Å². The molecule has 1 amide bonds. The van der Waals surface area contributed by atoms with Crippen LogP contribution >= 0.6 is 0 Å². The third-order valence-electron chi connectivity index (χ3n) is 2.52. The van der Waals surface area contributed by atoms with Crippen molar-refractivity contribution >= 4 is 5.91 Å². The highest BCUT2D eigenvalue weighted by atomic mass is 16.5. The van der Waals surface area contributed by atoms with Crippen molar-refractivity contribution in [2.24, 2.45) is 11.1 Å². The lowest BCUT2D eigenvalue weighted by atomic mass is 9.93. The molecule has 5 heteroatoms. The maximum absolute atomic E-state index is 11.6. The zero-order chi connectivity index (χ0) is 13.5. The Morgan fingerprint density at radius 3 is 2.47 bits per heavy atom. The summed E-state index contributed by atoms with van der Waals surface area (Å²) in [5.74, 6) is -0.00543. The quantitative estimate of drug-likeness (QED) is 0.634. The molecule has 0 fully saturated rings. The average Bonchev–Trinajstić information content (AvgIpc) is 2.21. The van der Waals surface area contributed by atoms with Gasteiger partial charge < -0.3 is 20.7 Å². The van der Waals surface area contributed by atoms with Crippen LogP contribution in [0.2, 0.25) is 0 Å². The van der Waals surface area contributed by atoms with Gasteiger partial charge in [-0.05, 0) is 19.5 Å². The largest absolute Gasteiger partial charge is 0.380 e. The van der Waals surface area contributed by atoms with Gasteiger partial charge in [0.2, 0.25) is 5.91 Å². The minimum absolute atomic E-state index is 0.00543. The van der Waals surface area contributed by atoms with Crippen molar-refractivity contribution in [3.8, 4) is 0 Å². The van der Waals surface area contributed by atoms with Crippen LogP contribution in [0.25, 0.3) is 0 Å². The van der Waals surface area contributed by atoms with Crippen molar-refractivity contribution in [3.05, 3.63) is 0 Å². The van der Waals surface area contributed by atoms with Crippen LogP contribution in [0, 0.1) is 5.41 Å². The highest BCUT2D eigenvalue weighted by molar-refractivity contribution is 5.76. The summed E-state index contributed by atoms with van der Waals surface area (Å²) in [5, 5.41) is 2.93. The summed E-state index contributed by atoms with van der Waals surface area (Å²) in [6.07, 6.45) is 0.136. The Kier molecular flexibility index (Phi) is 7.34.